The average Bonchev–Trinajstić information content (AvgIpc) is 2.56. The first-order valence-corrected chi connectivity index (χ1v) is 6.76. The van der Waals surface area contributed by atoms with Crippen LogP contribution in [0.1, 0.15) is 25.2 Å². The molecule has 0 aliphatic rings. The zero-order valence-electron chi connectivity index (χ0n) is 9.86. The molecular weight excluding hydrogens is 266 g/mol. The maximum Gasteiger partial charge on any atom is 0.0847 e. The highest BCUT2D eigenvalue weighted by atomic mass is 35.5. The van der Waals surface area contributed by atoms with Crippen molar-refractivity contribution < 1.29 is 0 Å². The maximum atomic E-state index is 6.24. The molecule has 0 saturated heterocycles. The second-order valence-corrected chi connectivity index (χ2v) is 5.33. The lowest BCUT2D eigenvalue weighted by molar-refractivity contribution is 0.406. The Hall–Kier alpha value is 0.0800. The number of aryl methyl sites for hydroxylation is 2. The number of halogens is 3. The van der Waals surface area contributed by atoms with Gasteiger partial charge in [0.2, 0.25) is 0 Å². The van der Waals surface area contributed by atoms with Gasteiger partial charge in [-0.05, 0) is 20.3 Å². The zero-order chi connectivity index (χ0) is 12.3. The van der Waals surface area contributed by atoms with Gasteiger partial charge < -0.3 is 0 Å². The quantitative estimate of drug-likeness (QED) is 0.750. The molecule has 0 fully saturated rings. The number of alkyl halides is 2. The monoisotopic (exact) mass is 282 g/mol. The molecule has 0 aliphatic heterocycles. The predicted molar refractivity (Wildman–Crippen MR) is 70.9 cm³/mol. The normalized spacial score (nSPS) is 12.1. The Kier molecular flexibility index (Phi) is 4.96. The van der Waals surface area contributed by atoms with Crippen molar-refractivity contribution in [3.8, 4) is 0 Å². The predicted octanol–water partition coefficient (Wildman–Crippen LogP) is 3.89. The topological polar surface area (TPSA) is 17.8 Å². The molecule has 2 nitrogen and oxygen atoms in total. The van der Waals surface area contributed by atoms with Crippen molar-refractivity contribution in [3.05, 3.63) is 16.4 Å². The van der Waals surface area contributed by atoms with Crippen LogP contribution < -0.4 is 0 Å². The van der Waals surface area contributed by atoms with Crippen molar-refractivity contribution in [3.63, 3.8) is 0 Å². The van der Waals surface area contributed by atoms with E-state index in [9.17, 15) is 0 Å². The number of hydrogen-bond donors (Lipinski definition) is 0. The second-order valence-electron chi connectivity index (χ2n) is 4.42. The highest BCUT2D eigenvalue weighted by Crippen LogP contribution is 2.30. The molecule has 0 radical (unpaired) electrons. The van der Waals surface area contributed by atoms with Gasteiger partial charge in [-0.15, -0.1) is 23.2 Å². The summed E-state index contributed by atoms with van der Waals surface area (Å²) in [5, 5.41) is 5.12. The molecule has 0 spiro atoms. The smallest absolute Gasteiger partial charge is 0.0847 e. The summed E-state index contributed by atoms with van der Waals surface area (Å²) in [6, 6.07) is 0. The first-order chi connectivity index (χ1) is 7.47. The Labute approximate surface area is 112 Å². The summed E-state index contributed by atoms with van der Waals surface area (Å²) in [6.45, 7) is 6.83. The van der Waals surface area contributed by atoms with Crippen LogP contribution in [0, 0.1) is 12.3 Å². The summed E-state index contributed by atoms with van der Waals surface area (Å²) in [4.78, 5) is 0. The Morgan fingerprint density at radius 1 is 1.31 bits per heavy atom. The summed E-state index contributed by atoms with van der Waals surface area (Å²) in [5.41, 5.74) is 1.77. The van der Waals surface area contributed by atoms with Crippen LogP contribution in [0.4, 0.5) is 0 Å². The summed E-state index contributed by atoms with van der Waals surface area (Å²) >= 11 is 18.2. The molecule has 0 bridgehead atoms. The van der Waals surface area contributed by atoms with Gasteiger partial charge in [0.25, 0.3) is 0 Å². The van der Waals surface area contributed by atoms with Crippen LogP contribution in [0.15, 0.2) is 0 Å². The van der Waals surface area contributed by atoms with Crippen LogP contribution in [0.3, 0.4) is 0 Å². The van der Waals surface area contributed by atoms with Gasteiger partial charge in [-0.1, -0.05) is 18.5 Å². The van der Waals surface area contributed by atoms with E-state index in [1.807, 2.05) is 18.5 Å². The number of aromatic nitrogens is 2. The third kappa shape index (κ3) is 2.85. The standard InChI is InChI=1S/C11H17Cl3N2/c1-4-16-9(10(14)8(2)15-16)5-11(3,6-12)7-13/h4-7H2,1-3H3. The van der Waals surface area contributed by atoms with Crippen LogP contribution in [-0.2, 0) is 13.0 Å². The second kappa shape index (κ2) is 5.61. The Morgan fingerprint density at radius 2 is 1.88 bits per heavy atom. The van der Waals surface area contributed by atoms with E-state index in [0.717, 1.165) is 29.4 Å². The molecule has 0 aliphatic carbocycles. The minimum Gasteiger partial charge on any atom is -0.268 e. The van der Waals surface area contributed by atoms with E-state index >= 15 is 0 Å². The van der Waals surface area contributed by atoms with Crippen LogP contribution in [0.25, 0.3) is 0 Å². The molecule has 1 aromatic rings. The van der Waals surface area contributed by atoms with Crippen LogP contribution in [0.2, 0.25) is 5.02 Å². The van der Waals surface area contributed by atoms with Gasteiger partial charge in [0, 0.05) is 23.7 Å². The molecule has 0 unspecified atom stereocenters. The van der Waals surface area contributed by atoms with Crippen molar-refractivity contribution in [2.24, 2.45) is 5.41 Å². The van der Waals surface area contributed by atoms with Crippen LogP contribution in [0.5, 0.6) is 0 Å². The van der Waals surface area contributed by atoms with Gasteiger partial charge in [0.1, 0.15) is 0 Å². The molecule has 0 atom stereocenters. The van der Waals surface area contributed by atoms with E-state index in [-0.39, 0.29) is 5.41 Å². The highest BCUT2D eigenvalue weighted by Gasteiger charge is 2.26. The Morgan fingerprint density at radius 3 is 2.31 bits per heavy atom. The van der Waals surface area contributed by atoms with Crippen LogP contribution in [-0.4, -0.2) is 21.5 Å². The molecular formula is C11H17Cl3N2. The molecule has 0 N–H and O–H groups in total. The molecule has 0 saturated carbocycles. The number of hydrogen-bond acceptors (Lipinski definition) is 1. The molecule has 1 rings (SSSR count). The van der Waals surface area contributed by atoms with Gasteiger partial charge in [0.15, 0.2) is 0 Å². The molecule has 1 heterocycles. The molecule has 0 aromatic carbocycles. The first-order valence-electron chi connectivity index (χ1n) is 5.31. The van der Waals surface area contributed by atoms with Gasteiger partial charge >= 0.3 is 0 Å². The lowest BCUT2D eigenvalue weighted by atomic mass is 9.89. The van der Waals surface area contributed by atoms with Crippen molar-refractivity contribution in [2.45, 2.75) is 33.7 Å². The summed E-state index contributed by atoms with van der Waals surface area (Å²) in [5.74, 6) is 1.03. The van der Waals surface area contributed by atoms with E-state index in [1.165, 1.54) is 0 Å². The van der Waals surface area contributed by atoms with Crippen molar-refractivity contribution in [1.29, 1.82) is 0 Å². The van der Waals surface area contributed by atoms with Gasteiger partial charge in [-0.3, -0.25) is 4.68 Å². The summed E-state index contributed by atoms with van der Waals surface area (Å²) in [7, 11) is 0. The SMILES string of the molecule is CCn1nc(C)c(Cl)c1CC(C)(CCl)CCl. The fourth-order valence-corrected chi connectivity index (χ4v) is 2.25. The molecule has 5 heteroatoms. The molecule has 0 amide bonds. The van der Waals surface area contributed by atoms with Crippen molar-refractivity contribution >= 4 is 34.8 Å². The molecule has 16 heavy (non-hydrogen) atoms. The largest absolute Gasteiger partial charge is 0.268 e. The lowest BCUT2D eigenvalue weighted by Gasteiger charge is -2.24. The van der Waals surface area contributed by atoms with Crippen LogP contribution >= 0.6 is 34.8 Å². The Balaban J connectivity index is 3.04. The Bertz CT molecular complexity index is 356. The van der Waals surface area contributed by atoms with E-state index in [2.05, 4.69) is 12.0 Å². The van der Waals surface area contributed by atoms with E-state index in [1.54, 1.807) is 0 Å². The number of rotatable bonds is 5. The zero-order valence-corrected chi connectivity index (χ0v) is 12.1. The maximum absolute atomic E-state index is 6.24. The van der Waals surface area contributed by atoms with Gasteiger partial charge in [0.05, 0.1) is 16.4 Å². The van der Waals surface area contributed by atoms with Crippen molar-refractivity contribution in [2.75, 3.05) is 11.8 Å². The highest BCUT2D eigenvalue weighted by molar-refractivity contribution is 6.31. The van der Waals surface area contributed by atoms with E-state index < -0.39 is 0 Å². The van der Waals surface area contributed by atoms with E-state index in [4.69, 9.17) is 34.8 Å². The number of nitrogens with zero attached hydrogens (tertiary/aromatic N) is 2. The van der Waals surface area contributed by atoms with Gasteiger partial charge in [-0.25, -0.2) is 0 Å². The minimum absolute atomic E-state index is 0.133. The average molecular weight is 284 g/mol. The van der Waals surface area contributed by atoms with E-state index in [0.29, 0.717) is 11.8 Å². The van der Waals surface area contributed by atoms with Crippen molar-refractivity contribution in [1.82, 2.24) is 9.78 Å². The summed E-state index contributed by atoms with van der Waals surface area (Å²) in [6.07, 6.45) is 0.757. The molecule has 92 valence electrons. The van der Waals surface area contributed by atoms with Gasteiger partial charge in [-0.2, -0.15) is 5.10 Å². The summed E-state index contributed by atoms with van der Waals surface area (Å²) < 4.78 is 1.93. The fourth-order valence-electron chi connectivity index (χ4n) is 1.57. The third-order valence-electron chi connectivity index (χ3n) is 2.69. The minimum atomic E-state index is -0.133. The first kappa shape index (κ1) is 14.1. The molecule has 1 aromatic heterocycles. The lowest BCUT2D eigenvalue weighted by Crippen LogP contribution is -2.25. The fraction of sp³-hybridized carbons (Fsp3) is 0.727. The third-order valence-corrected chi connectivity index (χ3v) is 4.47.